The van der Waals surface area contributed by atoms with Crippen LogP contribution >= 0.6 is 39.1 Å². The number of amides is 1. The van der Waals surface area contributed by atoms with Crippen molar-refractivity contribution in [1.82, 2.24) is 14.6 Å². The van der Waals surface area contributed by atoms with Crippen LogP contribution in [0.2, 0.25) is 5.15 Å². The summed E-state index contributed by atoms with van der Waals surface area (Å²) in [6.45, 7) is 5.94. The number of nitrogens with one attached hydrogen (secondary N) is 1. The summed E-state index contributed by atoms with van der Waals surface area (Å²) >= 11 is 10.3. The number of halogens is 2. The fourth-order valence-electron chi connectivity index (χ4n) is 1.52. The van der Waals surface area contributed by atoms with Crippen molar-refractivity contribution in [3.63, 3.8) is 0 Å². The molecule has 2 aromatic rings. The van der Waals surface area contributed by atoms with Crippen LogP contribution < -0.4 is 5.32 Å². The highest BCUT2D eigenvalue weighted by Gasteiger charge is 2.26. The monoisotopic (exact) mass is 374 g/mol. The van der Waals surface area contributed by atoms with E-state index in [1.165, 1.54) is 0 Å². The Hall–Kier alpha value is -1.05. The molecule has 0 atom stereocenters. The molecule has 2 rings (SSSR count). The first-order chi connectivity index (χ1) is 9.29. The fourth-order valence-corrected chi connectivity index (χ4v) is 2.77. The summed E-state index contributed by atoms with van der Waals surface area (Å²) in [6, 6.07) is 1.69. The Morgan fingerprint density at radius 2 is 2.15 bits per heavy atom. The number of anilines is 1. The normalized spacial score (nSPS) is 11.4. The summed E-state index contributed by atoms with van der Waals surface area (Å²) in [5.41, 5.74) is 0.859. The van der Waals surface area contributed by atoms with Crippen LogP contribution in [-0.2, 0) is 5.41 Å². The van der Waals surface area contributed by atoms with E-state index in [9.17, 15) is 4.79 Å². The van der Waals surface area contributed by atoms with Crippen LogP contribution in [0.5, 0.6) is 0 Å². The minimum Gasteiger partial charge on any atom is -0.318 e. The van der Waals surface area contributed by atoms with Crippen molar-refractivity contribution in [2.24, 2.45) is 0 Å². The van der Waals surface area contributed by atoms with Gasteiger partial charge in [0.2, 0.25) is 0 Å². The molecule has 0 saturated heterocycles. The maximum absolute atomic E-state index is 12.3. The molecule has 0 saturated carbocycles. The molecule has 0 aliphatic carbocycles. The van der Waals surface area contributed by atoms with Crippen LogP contribution in [0.15, 0.2) is 16.7 Å². The van der Waals surface area contributed by atoms with Gasteiger partial charge >= 0.3 is 0 Å². The molecular weight excluding hydrogens is 364 g/mol. The van der Waals surface area contributed by atoms with Crippen LogP contribution in [-0.4, -0.2) is 20.5 Å². The molecule has 2 heterocycles. The van der Waals surface area contributed by atoms with Gasteiger partial charge in [-0.05, 0) is 33.5 Å². The van der Waals surface area contributed by atoms with Crippen molar-refractivity contribution in [3.05, 3.63) is 32.5 Å². The van der Waals surface area contributed by atoms with E-state index in [1.54, 1.807) is 12.3 Å². The standard InChI is InChI=1S/C12H12BrClN4OS/c1-12(2,3)9-8(20-18-17-9)11(19)16-7-4-6(13)5-15-10(7)14/h4-5H,1-3H3,(H,16,19). The van der Waals surface area contributed by atoms with Crippen molar-refractivity contribution < 1.29 is 4.79 Å². The third-order valence-electron chi connectivity index (χ3n) is 2.46. The predicted molar refractivity (Wildman–Crippen MR) is 83.5 cm³/mol. The average molecular weight is 376 g/mol. The van der Waals surface area contributed by atoms with Gasteiger partial charge in [0, 0.05) is 16.1 Å². The van der Waals surface area contributed by atoms with Crippen molar-refractivity contribution >= 4 is 50.7 Å². The van der Waals surface area contributed by atoms with Gasteiger partial charge in [-0.1, -0.05) is 36.9 Å². The lowest BCUT2D eigenvalue weighted by Gasteiger charge is -2.16. The third kappa shape index (κ3) is 3.34. The lowest BCUT2D eigenvalue weighted by molar-refractivity contribution is 0.102. The Morgan fingerprint density at radius 3 is 2.80 bits per heavy atom. The molecule has 0 spiro atoms. The molecule has 0 fully saturated rings. The zero-order valence-corrected chi connectivity index (χ0v) is 14.2. The van der Waals surface area contributed by atoms with E-state index in [2.05, 4.69) is 35.8 Å². The number of hydrogen-bond donors (Lipinski definition) is 1. The number of pyridine rings is 1. The number of hydrogen-bond acceptors (Lipinski definition) is 5. The lowest BCUT2D eigenvalue weighted by atomic mass is 9.91. The Labute approximate surface area is 134 Å². The highest BCUT2D eigenvalue weighted by atomic mass is 79.9. The van der Waals surface area contributed by atoms with E-state index >= 15 is 0 Å². The van der Waals surface area contributed by atoms with Gasteiger partial charge in [0.1, 0.15) is 4.88 Å². The first kappa shape index (κ1) is 15.3. The number of carbonyl (C=O) groups excluding carboxylic acids is 1. The average Bonchev–Trinajstić information content (AvgIpc) is 2.82. The second-order valence-electron chi connectivity index (χ2n) is 5.15. The molecule has 1 amide bonds. The molecule has 0 aliphatic rings. The van der Waals surface area contributed by atoms with Gasteiger partial charge in [0.05, 0.1) is 11.4 Å². The first-order valence-electron chi connectivity index (χ1n) is 5.74. The fraction of sp³-hybridized carbons (Fsp3) is 0.333. The summed E-state index contributed by atoms with van der Waals surface area (Å²) in [5.74, 6) is -0.285. The zero-order chi connectivity index (χ0) is 14.9. The summed E-state index contributed by atoms with van der Waals surface area (Å²) in [4.78, 5) is 16.8. The number of nitrogens with zero attached hydrogens (tertiary/aromatic N) is 3. The molecule has 20 heavy (non-hydrogen) atoms. The number of carbonyl (C=O) groups is 1. The first-order valence-corrected chi connectivity index (χ1v) is 7.68. The Morgan fingerprint density at radius 1 is 1.45 bits per heavy atom. The molecule has 0 radical (unpaired) electrons. The zero-order valence-electron chi connectivity index (χ0n) is 11.1. The molecule has 0 bridgehead atoms. The van der Waals surface area contributed by atoms with Gasteiger partial charge < -0.3 is 5.32 Å². The molecule has 1 N–H and O–H groups in total. The Kier molecular flexibility index (Phi) is 4.41. The highest BCUT2D eigenvalue weighted by Crippen LogP contribution is 2.28. The molecule has 0 aromatic carbocycles. The lowest BCUT2D eigenvalue weighted by Crippen LogP contribution is -2.20. The van der Waals surface area contributed by atoms with Gasteiger partial charge in [-0.3, -0.25) is 4.79 Å². The van der Waals surface area contributed by atoms with Gasteiger partial charge in [-0.25, -0.2) is 4.98 Å². The quantitative estimate of drug-likeness (QED) is 0.808. The van der Waals surface area contributed by atoms with Crippen molar-refractivity contribution in [2.45, 2.75) is 26.2 Å². The number of aromatic nitrogens is 3. The van der Waals surface area contributed by atoms with Crippen LogP contribution in [0.4, 0.5) is 5.69 Å². The maximum Gasteiger partial charge on any atom is 0.269 e. The molecule has 106 valence electrons. The van der Waals surface area contributed by atoms with Gasteiger partial charge in [-0.15, -0.1) is 5.10 Å². The Balaban J connectivity index is 2.30. The van der Waals surface area contributed by atoms with Crippen molar-refractivity contribution in [1.29, 1.82) is 0 Å². The third-order valence-corrected chi connectivity index (χ3v) is 3.92. The van der Waals surface area contributed by atoms with E-state index in [-0.39, 0.29) is 16.5 Å². The smallest absolute Gasteiger partial charge is 0.269 e. The van der Waals surface area contributed by atoms with E-state index < -0.39 is 0 Å². The summed E-state index contributed by atoms with van der Waals surface area (Å²) in [5, 5.41) is 7.01. The maximum atomic E-state index is 12.3. The van der Waals surface area contributed by atoms with Crippen LogP contribution in [0.25, 0.3) is 0 Å². The van der Waals surface area contributed by atoms with Gasteiger partial charge in [0.25, 0.3) is 5.91 Å². The summed E-state index contributed by atoms with van der Waals surface area (Å²) < 4.78 is 4.60. The van der Waals surface area contributed by atoms with E-state index in [1.807, 2.05) is 20.8 Å². The van der Waals surface area contributed by atoms with Crippen molar-refractivity contribution in [2.75, 3.05) is 5.32 Å². The molecule has 0 aliphatic heterocycles. The minimum absolute atomic E-state index is 0.233. The summed E-state index contributed by atoms with van der Waals surface area (Å²) in [7, 11) is 0. The number of rotatable bonds is 2. The second-order valence-corrected chi connectivity index (χ2v) is 7.17. The molecule has 5 nitrogen and oxygen atoms in total. The van der Waals surface area contributed by atoms with Crippen LogP contribution in [0.3, 0.4) is 0 Å². The Bertz CT molecular complexity index is 653. The molecule has 8 heteroatoms. The minimum atomic E-state index is -0.285. The van der Waals surface area contributed by atoms with Gasteiger partial charge in [0.15, 0.2) is 5.15 Å². The molecule has 2 aromatic heterocycles. The van der Waals surface area contributed by atoms with Crippen LogP contribution in [0.1, 0.15) is 36.1 Å². The van der Waals surface area contributed by atoms with E-state index in [0.717, 1.165) is 16.0 Å². The topological polar surface area (TPSA) is 67.8 Å². The second kappa shape index (κ2) is 5.75. The van der Waals surface area contributed by atoms with E-state index in [4.69, 9.17) is 11.6 Å². The van der Waals surface area contributed by atoms with E-state index in [0.29, 0.717) is 16.3 Å². The highest BCUT2D eigenvalue weighted by molar-refractivity contribution is 9.10. The van der Waals surface area contributed by atoms with Crippen molar-refractivity contribution in [3.8, 4) is 0 Å². The predicted octanol–water partition coefficient (Wildman–Crippen LogP) is 3.90. The van der Waals surface area contributed by atoms with Gasteiger partial charge in [-0.2, -0.15) is 0 Å². The largest absolute Gasteiger partial charge is 0.318 e. The molecular formula is C12H12BrClN4OS. The molecule has 0 unspecified atom stereocenters. The SMILES string of the molecule is CC(C)(C)c1nnsc1C(=O)Nc1cc(Br)cnc1Cl. The van der Waals surface area contributed by atoms with Crippen LogP contribution in [0, 0.1) is 0 Å². The summed E-state index contributed by atoms with van der Waals surface area (Å²) in [6.07, 6.45) is 1.56.